The Kier molecular flexibility index (Phi) is 4.78. The van der Waals surface area contributed by atoms with Crippen LogP contribution in [0.5, 0.6) is 0 Å². The zero-order valence-electron chi connectivity index (χ0n) is 10.5. The van der Waals surface area contributed by atoms with E-state index in [0.717, 1.165) is 19.4 Å². The van der Waals surface area contributed by atoms with Crippen LogP contribution in [0.25, 0.3) is 0 Å². The van der Waals surface area contributed by atoms with Gasteiger partial charge in [0, 0.05) is 23.1 Å². The van der Waals surface area contributed by atoms with Gasteiger partial charge >= 0.3 is 0 Å². The summed E-state index contributed by atoms with van der Waals surface area (Å²) in [5.41, 5.74) is 0.295. The van der Waals surface area contributed by atoms with Crippen molar-refractivity contribution in [2.75, 3.05) is 12.8 Å². The molecule has 0 aromatic rings. The molecule has 1 N–H and O–H groups in total. The van der Waals surface area contributed by atoms with Crippen LogP contribution in [0.1, 0.15) is 46.5 Å². The molecule has 0 heterocycles. The lowest BCUT2D eigenvalue weighted by Gasteiger charge is -2.43. The molecule has 0 bridgehead atoms. The van der Waals surface area contributed by atoms with E-state index in [1.54, 1.807) is 0 Å². The molecule has 3 unspecified atom stereocenters. The third kappa shape index (κ3) is 3.28. The maximum absolute atomic E-state index is 11.7. The molecule has 1 rings (SSSR count). The van der Waals surface area contributed by atoms with Gasteiger partial charge in [0.1, 0.15) is 0 Å². The zero-order chi connectivity index (χ0) is 11.5. The fraction of sp³-hybridized carbons (Fsp3) is 1.00. The molecule has 90 valence electrons. The van der Waals surface area contributed by atoms with Gasteiger partial charge in [-0.05, 0) is 31.2 Å². The summed E-state index contributed by atoms with van der Waals surface area (Å²) in [6.07, 6.45) is 6.60. The lowest BCUT2D eigenvalue weighted by Crippen LogP contribution is -2.54. The second kappa shape index (κ2) is 5.44. The molecule has 0 amide bonds. The average Bonchev–Trinajstić information content (AvgIpc) is 2.14. The van der Waals surface area contributed by atoms with E-state index < -0.39 is 10.8 Å². The van der Waals surface area contributed by atoms with E-state index in [0.29, 0.717) is 16.7 Å². The molecule has 3 atom stereocenters. The van der Waals surface area contributed by atoms with Crippen molar-refractivity contribution >= 4 is 10.8 Å². The highest BCUT2D eigenvalue weighted by Gasteiger charge is 2.40. The predicted octanol–water partition coefficient (Wildman–Crippen LogP) is 2.31. The van der Waals surface area contributed by atoms with E-state index in [4.69, 9.17) is 0 Å². The van der Waals surface area contributed by atoms with E-state index in [9.17, 15) is 4.21 Å². The molecule has 1 fully saturated rings. The number of rotatable bonds is 4. The molecule has 15 heavy (non-hydrogen) atoms. The summed E-state index contributed by atoms with van der Waals surface area (Å²) in [5.74, 6) is 0. The summed E-state index contributed by atoms with van der Waals surface area (Å²) in [7, 11) is -0.695. The lowest BCUT2D eigenvalue weighted by molar-refractivity contribution is 0.173. The molecule has 2 nitrogen and oxygen atoms in total. The van der Waals surface area contributed by atoms with Gasteiger partial charge in [-0.15, -0.1) is 0 Å². The van der Waals surface area contributed by atoms with Crippen molar-refractivity contribution in [3.63, 3.8) is 0 Å². The van der Waals surface area contributed by atoms with Crippen LogP contribution in [0.15, 0.2) is 0 Å². The van der Waals surface area contributed by atoms with Crippen LogP contribution in [0.3, 0.4) is 0 Å². The van der Waals surface area contributed by atoms with Crippen LogP contribution in [0.4, 0.5) is 0 Å². The molecule has 0 aromatic heterocycles. The quantitative estimate of drug-likeness (QED) is 0.804. The Hall–Kier alpha value is 0.110. The van der Waals surface area contributed by atoms with Crippen LogP contribution in [0, 0.1) is 5.41 Å². The van der Waals surface area contributed by atoms with Gasteiger partial charge in [-0.2, -0.15) is 0 Å². The summed E-state index contributed by atoms with van der Waals surface area (Å²) in [6, 6.07) is 0.428. The van der Waals surface area contributed by atoms with Gasteiger partial charge in [-0.3, -0.25) is 4.21 Å². The van der Waals surface area contributed by atoms with Crippen molar-refractivity contribution in [2.45, 2.75) is 57.7 Å². The first-order valence-corrected chi connectivity index (χ1v) is 7.66. The summed E-state index contributed by atoms with van der Waals surface area (Å²) >= 11 is 0. The highest BCUT2D eigenvalue weighted by atomic mass is 32.2. The van der Waals surface area contributed by atoms with Gasteiger partial charge in [0.15, 0.2) is 0 Å². The Balaban J connectivity index is 2.72. The number of hydrogen-bond acceptors (Lipinski definition) is 2. The Morgan fingerprint density at radius 3 is 2.67 bits per heavy atom. The molecule has 1 saturated carbocycles. The fourth-order valence-electron chi connectivity index (χ4n) is 2.65. The summed E-state index contributed by atoms with van der Waals surface area (Å²) in [4.78, 5) is 0. The average molecular weight is 231 g/mol. The van der Waals surface area contributed by atoms with Crippen molar-refractivity contribution in [2.24, 2.45) is 5.41 Å². The van der Waals surface area contributed by atoms with Crippen LogP contribution in [-0.2, 0) is 10.8 Å². The molecule has 0 spiro atoms. The van der Waals surface area contributed by atoms with Crippen LogP contribution in [-0.4, -0.2) is 28.3 Å². The minimum atomic E-state index is -0.695. The van der Waals surface area contributed by atoms with Gasteiger partial charge in [0.05, 0.1) is 5.25 Å². The second-order valence-corrected chi connectivity index (χ2v) is 6.95. The molecule has 0 aromatic carbocycles. The van der Waals surface area contributed by atoms with E-state index in [-0.39, 0.29) is 0 Å². The first-order chi connectivity index (χ1) is 6.99. The molecular formula is C12H25NOS. The van der Waals surface area contributed by atoms with Crippen molar-refractivity contribution in [1.82, 2.24) is 5.32 Å². The number of nitrogens with one attached hydrogen (secondary N) is 1. The first kappa shape index (κ1) is 13.2. The van der Waals surface area contributed by atoms with E-state index in [1.165, 1.54) is 12.8 Å². The first-order valence-electron chi connectivity index (χ1n) is 6.04. The van der Waals surface area contributed by atoms with Crippen molar-refractivity contribution in [3.8, 4) is 0 Å². The van der Waals surface area contributed by atoms with Gasteiger partial charge in [0.2, 0.25) is 0 Å². The highest BCUT2D eigenvalue weighted by molar-refractivity contribution is 7.85. The van der Waals surface area contributed by atoms with Gasteiger partial charge in [-0.1, -0.05) is 27.2 Å². The third-order valence-electron chi connectivity index (χ3n) is 3.56. The maximum Gasteiger partial charge on any atom is 0.0503 e. The standard InChI is InChI=1S/C12H25NOS/c1-5-9-13-11-10(15(4)14)7-6-8-12(11,2)3/h10-11,13H,5-9H2,1-4H3. The van der Waals surface area contributed by atoms with Crippen LogP contribution >= 0.6 is 0 Å². The largest absolute Gasteiger partial charge is 0.312 e. The molecule has 0 saturated heterocycles. The van der Waals surface area contributed by atoms with Crippen molar-refractivity contribution < 1.29 is 4.21 Å². The number of hydrogen-bond donors (Lipinski definition) is 1. The molecule has 0 aliphatic heterocycles. The zero-order valence-corrected chi connectivity index (χ0v) is 11.3. The molecule has 0 radical (unpaired) electrons. The minimum Gasteiger partial charge on any atom is -0.312 e. The lowest BCUT2D eigenvalue weighted by atomic mass is 9.73. The van der Waals surface area contributed by atoms with Crippen molar-refractivity contribution in [1.29, 1.82) is 0 Å². The summed E-state index contributed by atoms with van der Waals surface area (Å²) < 4.78 is 11.7. The molecule has 3 heteroatoms. The fourth-order valence-corrected chi connectivity index (χ4v) is 4.00. The highest BCUT2D eigenvalue weighted by Crippen LogP contribution is 2.37. The SMILES string of the molecule is CCCNC1C(S(C)=O)CCCC1(C)C. The predicted molar refractivity (Wildman–Crippen MR) is 67.6 cm³/mol. The van der Waals surface area contributed by atoms with Crippen LogP contribution in [0.2, 0.25) is 0 Å². The molecular weight excluding hydrogens is 206 g/mol. The van der Waals surface area contributed by atoms with Gasteiger partial charge in [0.25, 0.3) is 0 Å². The monoisotopic (exact) mass is 231 g/mol. The molecule has 1 aliphatic carbocycles. The third-order valence-corrected chi connectivity index (χ3v) is 4.92. The van der Waals surface area contributed by atoms with Crippen molar-refractivity contribution in [3.05, 3.63) is 0 Å². The second-order valence-electron chi connectivity index (χ2n) is 5.35. The van der Waals surface area contributed by atoms with Gasteiger partial charge in [-0.25, -0.2) is 0 Å². The topological polar surface area (TPSA) is 29.1 Å². The minimum absolute atomic E-state index is 0.295. The maximum atomic E-state index is 11.7. The Morgan fingerprint density at radius 2 is 2.13 bits per heavy atom. The Bertz CT molecular complexity index is 228. The van der Waals surface area contributed by atoms with E-state index in [2.05, 4.69) is 26.1 Å². The van der Waals surface area contributed by atoms with E-state index >= 15 is 0 Å². The Labute approximate surface area is 96.7 Å². The normalized spacial score (nSPS) is 32.5. The smallest absolute Gasteiger partial charge is 0.0503 e. The van der Waals surface area contributed by atoms with E-state index in [1.807, 2.05) is 6.26 Å². The summed E-state index contributed by atoms with van der Waals surface area (Å²) in [6.45, 7) is 7.83. The molecule has 1 aliphatic rings. The van der Waals surface area contributed by atoms with Gasteiger partial charge < -0.3 is 5.32 Å². The van der Waals surface area contributed by atoms with Crippen LogP contribution < -0.4 is 5.32 Å². The summed E-state index contributed by atoms with van der Waals surface area (Å²) in [5, 5.41) is 3.95. The Morgan fingerprint density at radius 1 is 1.47 bits per heavy atom.